The number of ether oxygens (including phenoxy) is 4. The Morgan fingerprint density at radius 3 is 2.40 bits per heavy atom. The van der Waals surface area contributed by atoms with Crippen LogP contribution in [0.5, 0.6) is 11.5 Å². The number of aliphatic hydroxyl groups is 1. The molecule has 0 radical (unpaired) electrons. The lowest BCUT2D eigenvalue weighted by Crippen LogP contribution is -2.47. The molecule has 0 saturated carbocycles. The molecule has 3 atom stereocenters. The summed E-state index contributed by atoms with van der Waals surface area (Å²) in [7, 11) is -2.64. The maximum absolute atomic E-state index is 15.0. The van der Waals surface area contributed by atoms with Gasteiger partial charge in [0, 0.05) is 24.4 Å². The van der Waals surface area contributed by atoms with Gasteiger partial charge in [-0.25, -0.2) is 17.6 Å². The second-order valence-electron chi connectivity index (χ2n) is 12.6. The topological polar surface area (TPSA) is 135 Å². The predicted molar refractivity (Wildman–Crippen MR) is 194 cm³/mol. The number of carbonyl (C=O) groups is 1. The first-order valence-corrected chi connectivity index (χ1v) is 18.5. The first-order valence-electron chi connectivity index (χ1n) is 17.1. The van der Waals surface area contributed by atoms with E-state index in [0.717, 1.165) is 32.8 Å². The highest BCUT2D eigenvalue weighted by atomic mass is 32.2. The van der Waals surface area contributed by atoms with Crippen LogP contribution in [0.3, 0.4) is 0 Å². The molecule has 1 heterocycles. The molecule has 0 aromatic heterocycles. The van der Waals surface area contributed by atoms with Gasteiger partial charge in [0.1, 0.15) is 17.3 Å². The van der Waals surface area contributed by atoms with Crippen molar-refractivity contribution in [1.29, 1.82) is 0 Å². The van der Waals surface area contributed by atoms with Gasteiger partial charge in [-0.05, 0) is 61.4 Å². The molecule has 13 heteroatoms. The SMILES string of the molecule is COc1ccccc1COCCCOc1ccc(C2CCN(C(=O)O)C[C@H]2OC[C@H](O)CN(c2ccccc2F)S(=O)(=O)c2ccc(C)cc2)cc1. The molecule has 11 nitrogen and oxygen atoms in total. The van der Waals surface area contributed by atoms with Crippen LogP contribution < -0.4 is 13.8 Å². The summed E-state index contributed by atoms with van der Waals surface area (Å²) < 4.78 is 66.4. The molecular formula is C39H45FN2O9S. The summed E-state index contributed by atoms with van der Waals surface area (Å²) in [4.78, 5) is 13.1. The Morgan fingerprint density at radius 2 is 1.69 bits per heavy atom. The van der Waals surface area contributed by atoms with Crippen LogP contribution in [0, 0.1) is 12.7 Å². The number of amides is 1. The van der Waals surface area contributed by atoms with Crippen LogP contribution in [0.4, 0.5) is 14.9 Å². The van der Waals surface area contributed by atoms with Gasteiger partial charge in [0.15, 0.2) is 0 Å². The van der Waals surface area contributed by atoms with Crippen molar-refractivity contribution < 1.29 is 46.8 Å². The molecule has 1 unspecified atom stereocenters. The molecule has 2 N–H and O–H groups in total. The summed E-state index contributed by atoms with van der Waals surface area (Å²) in [6.07, 6.45) is -1.93. The van der Waals surface area contributed by atoms with Crippen LogP contribution in [0.1, 0.15) is 35.4 Å². The number of hydrogen-bond donors (Lipinski definition) is 2. The van der Waals surface area contributed by atoms with Gasteiger partial charge >= 0.3 is 6.09 Å². The summed E-state index contributed by atoms with van der Waals surface area (Å²) >= 11 is 0. The number of carboxylic acid groups (broad SMARTS) is 1. The smallest absolute Gasteiger partial charge is 0.407 e. The second kappa shape index (κ2) is 18.2. The van der Waals surface area contributed by atoms with Gasteiger partial charge < -0.3 is 34.1 Å². The van der Waals surface area contributed by atoms with Crippen molar-refractivity contribution >= 4 is 21.8 Å². The number of piperidine rings is 1. The normalized spacial score (nSPS) is 16.7. The van der Waals surface area contributed by atoms with E-state index < -0.39 is 40.7 Å². The summed E-state index contributed by atoms with van der Waals surface area (Å²) in [5, 5.41) is 20.8. The molecule has 1 amide bonds. The summed E-state index contributed by atoms with van der Waals surface area (Å²) in [6, 6.07) is 26.8. The lowest BCUT2D eigenvalue weighted by atomic mass is 9.87. The van der Waals surface area contributed by atoms with Gasteiger partial charge in [0.05, 0.1) is 69.4 Å². The number of methoxy groups -OCH3 is 1. The van der Waals surface area contributed by atoms with E-state index in [4.69, 9.17) is 18.9 Å². The van der Waals surface area contributed by atoms with Crippen molar-refractivity contribution in [2.45, 2.75) is 49.4 Å². The third-order valence-electron chi connectivity index (χ3n) is 8.90. The van der Waals surface area contributed by atoms with Gasteiger partial charge in [-0.3, -0.25) is 4.31 Å². The molecule has 1 aliphatic rings. The van der Waals surface area contributed by atoms with Crippen LogP contribution >= 0.6 is 0 Å². The van der Waals surface area contributed by atoms with E-state index in [1.165, 1.54) is 35.2 Å². The molecular weight excluding hydrogens is 691 g/mol. The minimum absolute atomic E-state index is 0.0521. The van der Waals surface area contributed by atoms with Crippen LogP contribution in [0.25, 0.3) is 0 Å². The Bertz CT molecular complexity index is 1860. The third-order valence-corrected chi connectivity index (χ3v) is 10.7. The fraction of sp³-hybridized carbons (Fsp3) is 0.359. The van der Waals surface area contributed by atoms with E-state index in [9.17, 15) is 27.8 Å². The molecule has 1 fully saturated rings. The molecule has 1 saturated heterocycles. The van der Waals surface area contributed by atoms with Crippen molar-refractivity contribution in [3.63, 3.8) is 0 Å². The fourth-order valence-corrected chi connectivity index (χ4v) is 7.61. The van der Waals surface area contributed by atoms with Crippen molar-refractivity contribution in [1.82, 2.24) is 4.90 Å². The molecule has 4 aromatic carbocycles. The average Bonchev–Trinajstić information content (AvgIpc) is 3.15. The number of sulfonamides is 1. The van der Waals surface area contributed by atoms with E-state index in [1.54, 1.807) is 19.2 Å². The van der Waals surface area contributed by atoms with Gasteiger partial charge in [0.25, 0.3) is 10.0 Å². The fourth-order valence-electron chi connectivity index (χ4n) is 6.10. The lowest BCUT2D eigenvalue weighted by Gasteiger charge is -2.38. The van der Waals surface area contributed by atoms with Gasteiger partial charge in [0.2, 0.25) is 0 Å². The zero-order valence-electron chi connectivity index (χ0n) is 29.3. The van der Waals surface area contributed by atoms with Crippen LogP contribution in [0.15, 0.2) is 102 Å². The standard InChI is InChI=1S/C39H45FN2O9S/c1-28-12-18-33(19-13-28)52(46,47)42(36-10-5-4-9-35(36)40)24-31(43)27-51-38-25-41(39(44)45)21-20-34(38)29-14-16-32(17-15-29)50-23-7-22-49-26-30-8-3-6-11-37(30)48-2/h3-6,8-19,31,34,38,43H,7,20-27H2,1-2H3,(H,44,45)/t31-,34?,38-/m1/s1. The average molecular weight is 737 g/mol. The van der Waals surface area contributed by atoms with Gasteiger partial charge in [-0.15, -0.1) is 0 Å². The maximum atomic E-state index is 15.0. The Hall–Kier alpha value is -4.69. The first kappa shape index (κ1) is 38.5. The number of aryl methyl sites for hydroxylation is 1. The number of aliphatic hydroxyl groups excluding tert-OH is 1. The molecule has 5 rings (SSSR count). The summed E-state index contributed by atoms with van der Waals surface area (Å²) in [5.41, 5.74) is 2.53. The molecule has 278 valence electrons. The third kappa shape index (κ3) is 10.0. The van der Waals surface area contributed by atoms with Crippen molar-refractivity contribution in [3.8, 4) is 11.5 Å². The largest absolute Gasteiger partial charge is 0.496 e. The lowest BCUT2D eigenvalue weighted by molar-refractivity contribution is -0.0441. The first-order chi connectivity index (χ1) is 25.1. The van der Waals surface area contributed by atoms with E-state index in [0.29, 0.717) is 45.0 Å². The number of halogens is 1. The Balaban J connectivity index is 1.19. The molecule has 0 spiro atoms. The summed E-state index contributed by atoms with van der Waals surface area (Å²) in [6.45, 7) is 2.77. The van der Waals surface area contributed by atoms with E-state index in [-0.39, 0.29) is 29.7 Å². The van der Waals surface area contributed by atoms with Gasteiger partial charge in [-0.2, -0.15) is 0 Å². The molecule has 52 heavy (non-hydrogen) atoms. The number of likely N-dealkylation sites (tertiary alicyclic amines) is 1. The number of para-hydroxylation sites is 2. The summed E-state index contributed by atoms with van der Waals surface area (Å²) in [5.74, 6) is 0.485. The monoisotopic (exact) mass is 736 g/mol. The van der Waals surface area contributed by atoms with Crippen LogP contribution in [-0.4, -0.2) is 88.4 Å². The highest BCUT2D eigenvalue weighted by Crippen LogP contribution is 2.33. The van der Waals surface area contributed by atoms with Crippen molar-refractivity contribution in [2.24, 2.45) is 0 Å². The zero-order chi connectivity index (χ0) is 37.1. The predicted octanol–water partition coefficient (Wildman–Crippen LogP) is 6.24. The molecule has 0 aliphatic carbocycles. The Labute approximate surface area is 304 Å². The Kier molecular flexibility index (Phi) is 13.5. The number of rotatable bonds is 17. The number of benzene rings is 4. The second-order valence-corrected chi connectivity index (χ2v) is 14.4. The van der Waals surface area contributed by atoms with Crippen molar-refractivity contribution in [3.05, 3.63) is 120 Å². The molecule has 0 bridgehead atoms. The quantitative estimate of drug-likeness (QED) is 0.121. The minimum Gasteiger partial charge on any atom is -0.496 e. The maximum Gasteiger partial charge on any atom is 0.407 e. The van der Waals surface area contributed by atoms with Crippen molar-refractivity contribution in [2.75, 3.05) is 50.9 Å². The molecule has 1 aliphatic heterocycles. The van der Waals surface area contributed by atoms with E-state index in [2.05, 4.69) is 0 Å². The van der Waals surface area contributed by atoms with E-state index in [1.807, 2.05) is 55.5 Å². The number of anilines is 1. The van der Waals surface area contributed by atoms with Gasteiger partial charge in [-0.1, -0.05) is 60.2 Å². The van der Waals surface area contributed by atoms with Crippen LogP contribution in [-0.2, 0) is 26.1 Å². The molecule has 4 aromatic rings. The Morgan fingerprint density at radius 1 is 0.981 bits per heavy atom. The minimum atomic E-state index is -4.27. The highest BCUT2D eigenvalue weighted by molar-refractivity contribution is 7.92. The van der Waals surface area contributed by atoms with Crippen LogP contribution in [0.2, 0.25) is 0 Å². The van der Waals surface area contributed by atoms with E-state index >= 15 is 0 Å². The highest BCUT2D eigenvalue weighted by Gasteiger charge is 2.35. The number of nitrogens with zero attached hydrogens (tertiary/aromatic N) is 2. The number of hydrogen-bond acceptors (Lipinski definition) is 8. The zero-order valence-corrected chi connectivity index (χ0v) is 30.1.